The van der Waals surface area contributed by atoms with Crippen LogP contribution in [0.4, 0.5) is 0 Å². The van der Waals surface area contributed by atoms with Gasteiger partial charge in [-0.2, -0.15) is 0 Å². The summed E-state index contributed by atoms with van der Waals surface area (Å²) in [6.45, 7) is 0. The van der Waals surface area contributed by atoms with Crippen molar-refractivity contribution >= 4 is 35.1 Å². The van der Waals surface area contributed by atoms with Crippen LogP contribution < -0.4 is 0 Å². The van der Waals surface area contributed by atoms with Crippen LogP contribution in [0, 0.1) is 5.41 Å². The van der Waals surface area contributed by atoms with Gasteiger partial charge in [0.25, 0.3) is 0 Å². The zero-order valence-corrected chi connectivity index (χ0v) is 3.24. The van der Waals surface area contributed by atoms with Crippen molar-refractivity contribution in [3.63, 3.8) is 0 Å². The van der Waals surface area contributed by atoms with Crippen LogP contribution in [0.15, 0.2) is 0 Å². The van der Waals surface area contributed by atoms with Crippen LogP contribution in [0.1, 0.15) is 0 Å². The number of rotatable bonds is 1. The molecule has 0 saturated carbocycles. The first-order chi connectivity index (χ1) is 2.27. The summed E-state index contributed by atoms with van der Waals surface area (Å²) in [6.07, 6.45) is 0. The summed E-state index contributed by atoms with van der Waals surface area (Å²) in [5.74, 6) is 0. The van der Waals surface area contributed by atoms with Crippen LogP contribution in [0.2, 0.25) is 0 Å². The SMILES string of the molecule is N=C[SH](=O)=O.[LiH]. The van der Waals surface area contributed by atoms with Gasteiger partial charge < -0.3 is 0 Å². The number of hydrogen-bond acceptors (Lipinski definition) is 3. The second-order valence-corrected chi connectivity index (χ2v) is 1.24. The van der Waals surface area contributed by atoms with Gasteiger partial charge in [0.05, 0.1) is 0 Å². The molecule has 0 spiro atoms. The quantitative estimate of drug-likeness (QED) is 0.184. The van der Waals surface area contributed by atoms with E-state index in [4.69, 9.17) is 13.8 Å². The second-order valence-electron chi connectivity index (χ2n) is 0.414. The van der Waals surface area contributed by atoms with Crippen LogP contribution in [-0.4, -0.2) is 32.8 Å². The molecule has 1 N–H and O–H groups in total. The summed E-state index contributed by atoms with van der Waals surface area (Å²) < 4.78 is 18.3. The van der Waals surface area contributed by atoms with Crippen LogP contribution in [0.3, 0.4) is 0 Å². The second kappa shape index (κ2) is 5.22. The summed E-state index contributed by atoms with van der Waals surface area (Å²) in [6, 6.07) is 0. The number of thiol groups is 1. The maximum atomic E-state index is 9.16. The molecular formula is CH4LiNO2S. The van der Waals surface area contributed by atoms with Gasteiger partial charge in [0.1, 0.15) is 5.55 Å². The van der Waals surface area contributed by atoms with E-state index in [1.807, 2.05) is 0 Å². The summed E-state index contributed by atoms with van der Waals surface area (Å²) in [5, 5.41) is 5.94. The van der Waals surface area contributed by atoms with E-state index in [1.165, 1.54) is 0 Å². The average Bonchev–Trinajstić information content (AvgIpc) is 1.38. The van der Waals surface area contributed by atoms with Crippen molar-refractivity contribution in [2.24, 2.45) is 0 Å². The topological polar surface area (TPSA) is 58.0 Å². The molecule has 0 saturated heterocycles. The van der Waals surface area contributed by atoms with Crippen LogP contribution in [0.5, 0.6) is 0 Å². The predicted molar refractivity (Wildman–Crippen MR) is 26.2 cm³/mol. The van der Waals surface area contributed by atoms with Gasteiger partial charge in [-0.3, -0.25) is 5.41 Å². The van der Waals surface area contributed by atoms with E-state index in [0.717, 1.165) is 0 Å². The minimum atomic E-state index is -2.56. The van der Waals surface area contributed by atoms with Crippen LogP contribution in [-0.2, 0) is 10.7 Å². The molecule has 0 heterocycles. The molecule has 0 aliphatic rings. The molecule has 0 rings (SSSR count). The van der Waals surface area contributed by atoms with E-state index in [2.05, 4.69) is 0 Å². The first kappa shape index (κ1) is 9.52. The van der Waals surface area contributed by atoms with Gasteiger partial charge >= 0.3 is 18.9 Å². The van der Waals surface area contributed by atoms with E-state index in [1.54, 1.807) is 0 Å². The third kappa shape index (κ3) is 8.88. The van der Waals surface area contributed by atoms with Crippen LogP contribution >= 0.6 is 0 Å². The molecule has 0 aromatic rings. The normalized spacial score (nSPS) is 6.83. The minimum absolute atomic E-state index is 0. The Hall–Kier alpha value is 0.217. The Balaban J connectivity index is 0. The molecule has 6 heavy (non-hydrogen) atoms. The third-order valence-corrected chi connectivity index (χ3v) is 0.316. The molecule has 0 amide bonds. The van der Waals surface area contributed by atoms with Gasteiger partial charge in [0, 0.05) is 0 Å². The number of hydrogen-bond donors (Lipinski definition) is 2. The van der Waals surface area contributed by atoms with E-state index in [9.17, 15) is 0 Å². The summed E-state index contributed by atoms with van der Waals surface area (Å²) in [4.78, 5) is 0. The summed E-state index contributed by atoms with van der Waals surface area (Å²) in [5.41, 5.74) is 0.370. The summed E-state index contributed by atoms with van der Waals surface area (Å²) >= 11 is 0. The Labute approximate surface area is 49.4 Å². The molecule has 0 bridgehead atoms. The molecule has 0 aromatic carbocycles. The van der Waals surface area contributed by atoms with Crippen molar-refractivity contribution in [3.05, 3.63) is 0 Å². The number of nitrogens with one attached hydrogen (secondary N) is 1. The first-order valence-electron chi connectivity index (χ1n) is 0.912. The Morgan fingerprint density at radius 1 is 1.50 bits per heavy atom. The Bertz CT molecular complexity index is 89.7. The average molecular weight is 101 g/mol. The molecule has 0 aromatic heterocycles. The van der Waals surface area contributed by atoms with Gasteiger partial charge in [-0.25, -0.2) is 8.42 Å². The Morgan fingerprint density at radius 2 is 1.67 bits per heavy atom. The molecular weight excluding hydrogens is 97.0 g/mol. The fraction of sp³-hybridized carbons (Fsp3) is 0. The fourth-order valence-electron chi connectivity index (χ4n) is 0. The molecule has 0 radical (unpaired) electrons. The molecule has 3 nitrogen and oxygen atoms in total. The van der Waals surface area contributed by atoms with E-state index < -0.39 is 10.7 Å². The van der Waals surface area contributed by atoms with Crippen molar-refractivity contribution in [1.82, 2.24) is 0 Å². The van der Waals surface area contributed by atoms with Crippen molar-refractivity contribution in [2.75, 3.05) is 0 Å². The van der Waals surface area contributed by atoms with E-state index >= 15 is 0 Å². The molecule has 0 unspecified atom stereocenters. The maximum absolute atomic E-state index is 9.16. The standard InChI is InChI=1S/CH3NO2S.Li.H/c2-1-5(3)4;;/h1-2,5H;;. The van der Waals surface area contributed by atoms with Crippen molar-refractivity contribution in [2.45, 2.75) is 0 Å². The monoisotopic (exact) mass is 101 g/mol. The Morgan fingerprint density at radius 3 is 1.67 bits per heavy atom. The van der Waals surface area contributed by atoms with E-state index in [-0.39, 0.29) is 18.9 Å². The zero-order chi connectivity index (χ0) is 4.28. The molecule has 32 valence electrons. The molecule has 0 aliphatic carbocycles. The van der Waals surface area contributed by atoms with Crippen molar-refractivity contribution in [3.8, 4) is 0 Å². The third-order valence-electron chi connectivity index (χ3n) is 0.105. The molecule has 0 fully saturated rings. The van der Waals surface area contributed by atoms with E-state index in [0.29, 0.717) is 5.55 Å². The van der Waals surface area contributed by atoms with Crippen LogP contribution in [0.25, 0.3) is 0 Å². The molecule has 0 aliphatic heterocycles. The van der Waals surface area contributed by atoms with Gasteiger partial charge in [0.2, 0.25) is 0 Å². The summed E-state index contributed by atoms with van der Waals surface area (Å²) in [7, 11) is -2.56. The van der Waals surface area contributed by atoms with Gasteiger partial charge in [0.15, 0.2) is 10.7 Å². The zero-order valence-electron chi connectivity index (χ0n) is 2.34. The van der Waals surface area contributed by atoms with Gasteiger partial charge in [-0.05, 0) is 0 Å². The van der Waals surface area contributed by atoms with Gasteiger partial charge in [-0.1, -0.05) is 0 Å². The Kier molecular flexibility index (Phi) is 8.27. The van der Waals surface area contributed by atoms with Crippen molar-refractivity contribution in [1.29, 1.82) is 5.41 Å². The fourth-order valence-corrected chi connectivity index (χ4v) is 0. The molecule has 5 heteroatoms. The molecule has 0 atom stereocenters. The first-order valence-corrected chi connectivity index (χ1v) is 2.16. The predicted octanol–water partition coefficient (Wildman–Crippen LogP) is -1.44. The van der Waals surface area contributed by atoms with Crippen molar-refractivity contribution < 1.29 is 8.42 Å². The van der Waals surface area contributed by atoms with Gasteiger partial charge in [-0.15, -0.1) is 0 Å².